The van der Waals surface area contributed by atoms with Crippen molar-refractivity contribution in [3.05, 3.63) is 35.7 Å². The number of nitrogens with zero attached hydrogens (tertiary/aromatic N) is 4. The maximum absolute atomic E-state index is 11.8. The molecule has 24 heavy (non-hydrogen) atoms. The maximum Gasteiger partial charge on any atom is 0.231 e. The molecule has 0 bridgehead atoms. The van der Waals surface area contributed by atoms with Crippen LogP contribution in [0.4, 0.5) is 16.5 Å². The Balaban J connectivity index is 1.60. The van der Waals surface area contributed by atoms with Gasteiger partial charge in [0.2, 0.25) is 16.0 Å². The van der Waals surface area contributed by atoms with Crippen LogP contribution in [0.3, 0.4) is 0 Å². The molecule has 7 heteroatoms. The highest BCUT2D eigenvalue weighted by Gasteiger charge is 2.24. The van der Waals surface area contributed by atoms with Gasteiger partial charge in [-0.1, -0.05) is 32.1 Å². The predicted octanol–water partition coefficient (Wildman–Crippen LogP) is 3.35. The van der Waals surface area contributed by atoms with Crippen LogP contribution < -0.4 is 10.2 Å². The second kappa shape index (κ2) is 5.04. The summed E-state index contributed by atoms with van der Waals surface area (Å²) < 4.78 is 1.82. The molecule has 1 N–H and O–H groups in total. The van der Waals surface area contributed by atoms with Gasteiger partial charge in [0.25, 0.3) is 0 Å². The number of hydrogen-bond donors (Lipinski definition) is 1. The third-order valence-electron chi connectivity index (χ3n) is 4.22. The third-order valence-corrected chi connectivity index (χ3v) is 5.06. The molecule has 3 heterocycles. The summed E-state index contributed by atoms with van der Waals surface area (Å²) in [6, 6.07) is 5.96. The fourth-order valence-electron chi connectivity index (χ4n) is 2.78. The number of benzene rings is 1. The van der Waals surface area contributed by atoms with Crippen LogP contribution in [0, 0.1) is 0 Å². The zero-order valence-electron chi connectivity index (χ0n) is 14.1. The molecule has 0 radical (unpaired) electrons. The normalized spacial score (nSPS) is 14.5. The Morgan fingerprint density at radius 3 is 2.79 bits per heavy atom. The van der Waals surface area contributed by atoms with Crippen LogP contribution in [0.2, 0.25) is 0 Å². The van der Waals surface area contributed by atoms with E-state index >= 15 is 0 Å². The maximum atomic E-state index is 11.8. The molecule has 0 saturated heterocycles. The molecule has 1 amide bonds. The van der Waals surface area contributed by atoms with Crippen molar-refractivity contribution in [1.29, 1.82) is 0 Å². The van der Waals surface area contributed by atoms with E-state index in [4.69, 9.17) is 0 Å². The molecule has 2 aromatic heterocycles. The minimum atomic E-state index is 0.0135. The van der Waals surface area contributed by atoms with Crippen LogP contribution in [0.5, 0.6) is 0 Å². The van der Waals surface area contributed by atoms with E-state index in [9.17, 15) is 4.79 Å². The highest BCUT2D eigenvalue weighted by Crippen LogP contribution is 2.32. The summed E-state index contributed by atoms with van der Waals surface area (Å²) in [5.41, 5.74) is 4.01. The standard InChI is InChI=1S/C17H19N5OS/c1-17(2,3)13-9-22-16(19-13)24-15(20-22)18-11-5-6-12-10(7-11)8-14(23)21(12)4/h5-7,9H,8H2,1-4H3,(H,18,20). The van der Waals surface area contributed by atoms with Crippen molar-refractivity contribution < 1.29 is 4.79 Å². The third kappa shape index (κ3) is 2.45. The van der Waals surface area contributed by atoms with Crippen molar-refractivity contribution in [3.8, 4) is 0 Å². The van der Waals surface area contributed by atoms with E-state index in [1.807, 2.05) is 36.0 Å². The Morgan fingerprint density at radius 1 is 1.29 bits per heavy atom. The first-order valence-electron chi connectivity index (χ1n) is 7.84. The van der Waals surface area contributed by atoms with Crippen LogP contribution in [-0.2, 0) is 16.6 Å². The summed E-state index contributed by atoms with van der Waals surface area (Å²) >= 11 is 1.52. The van der Waals surface area contributed by atoms with Crippen LogP contribution in [-0.4, -0.2) is 27.6 Å². The lowest BCUT2D eigenvalue weighted by molar-refractivity contribution is -0.117. The zero-order valence-corrected chi connectivity index (χ0v) is 14.9. The zero-order chi connectivity index (χ0) is 17.1. The van der Waals surface area contributed by atoms with E-state index in [1.54, 1.807) is 4.90 Å². The molecule has 0 unspecified atom stereocenters. The molecule has 4 rings (SSSR count). The number of anilines is 3. The molecule has 3 aromatic rings. The van der Waals surface area contributed by atoms with Gasteiger partial charge < -0.3 is 10.2 Å². The van der Waals surface area contributed by atoms with Gasteiger partial charge in [0.15, 0.2) is 0 Å². The van der Waals surface area contributed by atoms with Crippen molar-refractivity contribution in [1.82, 2.24) is 14.6 Å². The monoisotopic (exact) mass is 341 g/mol. The number of fused-ring (bicyclic) bond motifs is 2. The Labute approximate surface area is 144 Å². The first-order valence-corrected chi connectivity index (χ1v) is 8.66. The van der Waals surface area contributed by atoms with Crippen molar-refractivity contribution in [2.24, 2.45) is 0 Å². The Bertz CT molecular complexity index is 918. The molecule has 0 aliphatic carbocycles. The Morgan fingerprint density at radius 2 is 2.08 bits per heavy atom. The Hall–Kier alpha value is -2.41. The van der Waals surface area contributed by atoms with Crippen LogP contribution in [0.25, 0.3) is 4.96 Å². The van der Waals surface area contributed by atoms with E-state index in [2.05, 4.69) is 36.2 Å². The molecule has 0 fully saturated rings. The largest absolute Gasteiger partial charge is 0.330 e. The van der Waals surface area contributed by atoms with E-state index in [-0.39, 0.29) is 11.3 Å². The first kappa shape index (κ1) is 15.1. The summed E-state index contributed by atoms with van der Waals surface area (Å²) in [6.07, 6.45) is 2.44. The molecule has 1 aliphatic heterocycles. The van der Waals surface area contributed by atoms with Crippen LogP contribution >= 0.6 is 11.3 Å². The molecule has 0 saturated carbocycles. The number of imidazole rings is 1. The minimum absolute atomic E-state index is 0.0135. The lowest BCUT2D eigenvalue weighted by atomic mass is 9.93. The average Bonchev–Trinajstić information content (AvgIpc) is 3.11. The van der Waals surface area contributed by atoms with Gasteiger partial charge in [0.1, 0.15) is 0 Å². The van der Waals surface area contributed by atoms with Gasteiger partial charge in [-0.3, -0.25) is 4.79 Å². The number of hydrogen-bond acceptors (Lipinski definition) is 5. The van der Waals surface area contributed by atoms with Gasteiger partial charge in [-0.25, -0.2) is 9.50 Å². The van der Waals surface area contributed by atoms with Crippen LogP contribution in [0.15, 0.2) is 24.4 Å². The quantitative estimate of drug-likeness (QED) is 0.776. The van der Waals surface area contributed by atoms with E-state index in [0.29, 0.717) is 6.42 Å². The lowest BCUT2D eigenvalue weighted by Gasteiger charge is -2.13. The summed E-state index contributed by atoms with van der Waals surface area (Å²) in [4.78, 5) is 19.0. The van der Waals surface area contributed by atoms with Gasteiger partial charge in [-0.05, 0) is 23.8 Å². The topological polar surface area (TPSA) is 62.5 Å². The second-order valence-corrected chi connectivity index (χ2v) is 8.06. The molecule has 124 valence electrons. The summed E-state index contributed by atoms with van der Waals surface area (Å²) in [5, 5.41) is 8.65. The van der Waals surface area contributed by atoms with Gasteiger partial charge in [0.05, 0.1) is 18.3 Å². The lowest BCUT2D eigenvalue weighted by Crippen LogP contribution is -2.20. The SMILES string of the molecule is CN1C(=O)Cc2cc(Nc3nn4cc(C(C)(C)C)nc4s3)ccc21. The number of carbonyl (C=O) groups excluding carboxylic acids is 1. The molecule has 0 spiro atoms. The van der Waals surface area contributed by atoms with Crippen LogP contribution in [0.1, 0.15) is 32.0 Å². The van der Waals surface area contributed by atoms with Crippen molar-refractivity contribution in [2.75, 3.05) is 17.3 Å². The van der Waals surface area contributed by atoms with Gasteiger partial charge in [0, 0.05) is 23.8 Å². The van der Waals surface area contributed by atoms with Crippen molar-refractivity contribution in [3.63, 3.8) is 0 Å². The van der Waals surface area contributed by atoms with E-state index in [0.717, 1.165) is 32.7 Å². The second-order valence-electron chi connectivity index (χ2n) is 7.11. The van der Waals surface area contributed by atoms with Crippen molar-refractivity contribution >= 4 is 38.7 Å². The minimum Gasteiger partial charge on any atom is -0.330 e. The Kier molecular flexibility index (Phi) is 3.18. The first-order chi connectivity index (χ1) is 11.3. The number of likely N-dealkylation sites (N-methyl/N-ethyl adjacent to an activating group) is 1. The molecule has 1 aromatic carbocycles. The smallest absolute Gasteiger partial charge is 0.231 e. The summed E-state index contributed by atoms with van der Waals surface area (Å²) in [7, 11) is 1.81. The fourth-order valence-corrected chi connectivity index (χ4v) is 3.59. The number of rotatable bonds is 2. The molecular weight excluding hydrogens is 322 g/mol. The fraction of sp³-hybridized carbons (Fsp3) is 0.353. The highest BCUT2D eigenvalue weighted by atomic mass is 32.1. The van der Waals surface area contributed by atoms with Crippen molar-refractivity contribution in [2.45, 2.75) is 32.6 Å². The van der Waals surface area contributed by atoms with Gasteiger partial charge in [-0.15, -0.1) is 5.10 Å². The predicted molar refractivity (Wildman–Crippen MR) is 96.4 cm³/mol. The summed E-state index contributed by atoms with van der Waals surface area (Å²) in [6.45, 7) is 6.42. The van der Waals surface area contributed by atoms with E-state index in [1.165, 1.54) is 11.3 Å². The highest BCUT2D eigenvalue weighted by molar-refractivity contribution is 7.20. The van der Waals surface area contributed by atoms with Gasteiger partial charge >= 0.3 is 0 Å². The molecular formula is C17H19N5OS. The molecule has 6 nitrogen and oxygen atoms in total. The average molecular weight is 341 g/mol. The summed E-state index contributed by atoms with van der Waals surface area (Å²) in [5.74, 6) is 0.129. The van der Waals surface area contributed by atoms with E-state index < -0.39 is 0 Å². The molecule has 0 atom stereocenters. The number of amides is 1. The number of nitrogens with one attached hydrogen (secondary N) is 1. The number of carbonyl (C=O) groups is 1. The molecule has 1 aliphatic rings. The van der Waals surface area contributed by atoms with Gasteiger partial charge in [-0.2, -0.15) is 0 Å². The number of aromatic nitrogens is 3.